The Morgan fingerprint density at radius 2 is 1.48 bits per heavy atom. The van der Waals surface area contributed by atoms with Gasteiger partial charge in [0.15, 0.2) is 0 Å². The lowest BCUT2D eigenvalue weighted by Gasteiger charge is -2.11. The molecule has 3 aromatic carbocycles. The maximum absolute atomic E-state index is 12.9. The van der Waals surface area contributed by atoms with Crippen LogP contribution in [0.15, 0.2) is 94.8 Å². The molecule has 0 aliphatic carbocycles. The van der Waals surface area contributed by atoms with E-state index in [-0.39, 0.29) is 17.5 Å². The SMILES string of the molecule is O=S(=O)(NCc1ccccc1)c1ccccc1C1=N[C@@H](Cc2ccccc2)CO1. The molecular weight excluding hydrogens is 384 g/mol. The van der Waals surface area contributed by atoms with Crippen LogP contribution in [-0.2, 0) is 27.7 Å². The van der Waals surface area contributed by atoms with E-state index in [2.05, 4.69) is 21.8 Å². The van der Waals surface area contributed by atoms with Crippen LogP contribution >= 0.6 is 0 Å². The summed E-state index contributed by atoms with van der Waals surface area (Å²) in [6, 6.07) is 26.3. The van der Waals surface area contributed by atoms with Crippen molar-refractivity contribution < 1.29 is 13.2 Å². The molecule has 5 nitrogen and oxygen atoms in total. The second kappa shape index (κ2) is 8.59. The van der Waals surface area contributed by atoms with Gasteiger partial charge in [0.1, 0.15) is 6.61 Å². The van der Waals surface area contributed by atoms with Crippen LogP contribution < -0.4 is 4.72 Å². The number of hydrogen-bond donors (Lipinski definition) is 1. The number of rotatable bonds is 7. The molecule has 0 amide bonds. The van der Waals surface area contributed by atoms with Crippen LogP contribution in [-0.4, -0.2) is 27.0 Å². The predicted octanol–water partition coefficient (Wildman–Crippen LogP) is 3.55. The van der Waals surface area contributed by atoms with E-state index in [1.54, 1.807) is 24.3 Å². The van der Waals surface area contributed by atoms with Crippen LogP contribution in [0.5, 0.6) is 0 Å². The molecule has 0 spiro atoms. The highest BCUT2D eigenvalue weighted by Crippen LogP contribution is 2.22. The third kappa shape index (κ3) is 4.72. The summed E-state index contributed by atoms with van der Waals surface area (Å²) in [5, 5.41) is 0. The summed E-state index contributed by atoms with van der Waals surface area (Å²) in [4.78, 5) is 4.82. The van der Waals surface area contributed by atoms with Gasteiger partial charge in [0, 0.05) is 6.54 Å². The van der Waals surface area contributed by atoms with Crippen molar-refractivity contribution in [3.8, 4) is 0 Å². The van der Waals surface area contributed by atoms with Gasteiger partial charge in [-0.1, -0.05) is 72.8 Å². The van der Waals surface area contributed by atoms with Gasteiger partial charge in [0.25, 0.3) is 0 Å². The Morgan fingerprint density at radius 3 is 2.21 bits per heavy atom. The normalized spacial score (nSPS) is 16.3. The monoisotopic (exact) mass is 406 g/mol. The standard InChI is InChI=1S/C23H22N2O3S/c26-29(27,24-16-19-11-5-2-6-12-19)22-14-8-7-13-21(22)23-25-20(17-28-23)15-18-9-3-1-4-10-18/h1-14,20,24H,15-17H2/t20-/m0/s1. The zero-order valence-electron chi connectivity index (χ0n) is 15.9. The highest BCUT2D eigenvalue weighted by molar-refractivity contribution is 7.89. The molecule has 0 saturated carbocycles. The Labute approximate surface area is 171 Å². The third-order valence-corrected chi connectivity index (χ3v) is 6.20. The summed E-state index contributed by atoms with van der Waals surface area (Å²) < 4.78 is 34.3. The Hall–Kier alpha value is -2.96. The molecule has 6 heteroatoms. The minimum atomic E-state index is -3.71. The molecule has 0 aromatic heterocycles. The highest BCUT2D eigenvalue weighted by atomic mass is 32.2. The van der Waals surface area contributed by atoms with Crippen molar-refractivity contribution in [3.05, 3.63) is 102 Å². The van der Waals surface area contributed by atoms with Gasteiger partial charge in [-0.05, 0) is 29.7 Å². The molecule has 3 aromatic rings. The van der Waals surface area contributed by atoms with Gasteiger partial charge in [-0.3, -0.25) is 0 Å². The van der Waals surface area contributed by atoms with E-state index in [1.165, 1.54) is 5.56 Å². The second-order valence-electron chi connectivity index (χ2n) is 6.90. The molecule has 1 N–H and O–H groups in total. The zero-order chi connectivity index (χ0) is 20.1. The Kier molecular flexibility index (Phi) is 5.74. The minimum absolute atomic E-state index is 0.0274. The first-order valence-corrected chi connectivity index (χ1v) is 11.0. The van der Waals surface area contributed by atoms with Gasteiger partial charge >= 0.3 is 0 Å². The molecule has 29 heavy (non-hydrogen) atoms. The molecule has 0 fully saturated rings. The van der Waals surface area contributed by atoms with Gasteiger partial charge in [-0.2, -0.15) is 0 Å². The Morgan fingerprint density at radius 1 is 0.862 bits per heavy atom. The fourth-order valence-corrected chi connectivity index (χ4v) is 4.50. The summed E-state index contributed by atoms with van der Waals surface area (Å²) in [5.41, 5.74) is 2.56. The Bertz CT molecular complexity index is 1100. The molecule has 1 aliphatic rings. The lowest BCUT2D eigenvalue weighted by Crippen LogP contribution is -2.25. The summed E-state index contributed by atoms with van der Waals surface area (Å²) in [7, 11) is -3.71. The Balaban J connectivity index is 1.54. The van der Waals surface area contributed by atoms with E-state index >= 15 is 0 Å². The second-order valence-corrected chi connectivity index (χ2v) is 8.63. The van der Waals surface area contributed by atoms with Gasteiger partial charge in [0.05, 0.1) is 16.5 Å². The van der Waals surface area contributed by atoms with Crippen molar-refractivity contribution >= 4 is 15.9 Å². The van der Waals surface area contributed by atoms with Crippen molar-refractivity contribution in [1.82, 2.24) is 4.72 Å². The van der Waals surface area contributed by atoms with Gasteiger partial charge in [-0.15, -0.1) is 0 Å². The maximum atomic E-state index is 12.9. The molecule has 4 rings (SSSR count). The number of benzene rings is 3. The number of sulfonamides is 1. The molecule has 1 aliphatic heterocycles. The zero-order valence-corrected chi connectivity index (χ0v) is 16.7. The first-order valence-electron chi connectivity index (χ1n) is 9.49. The van der Waals surface area contributed by atoms with Crippen molar-refractivity contribution in [1.29, 1.82) is 0 Å². The van der Waals surface area contributed by atoms with E-state index in [0.717, 1.165) is 12.0 Å². The van der Waals surface area contributed by atoms with Gasteiger partial charge in [0.2, 0.25) is 15.9 Å². The van der Waals surface area contributed by atoms with Gasteiger partial charge < -0.3 is 4.74 Å². The molecule has 0 unspecified atom stereocenters. The first kappa shape index (κ1) is 19.4. The molecule has 148 valence electrons. The maximum Gasteiger partial charge on any atom is 0.241 e. The summed E-state index contributed by atoms with van der Waals surface area (Å²) >= 11 is 0. The lowest BCUT2D eigenvalue weighted by atomic mass is 10.1. The smallest absolute Gasteiger partial charge is 0.241 e. The quantitative estimate of drug-likeness (QED) is 0.652. The summed E-state index contributed by atoms with van der Waals surface area (Å²) in [6.45, 7) is 0.664. The lowest BCUT2D eigenvalue weighted by molar-refractivity contribution is 0.316. The highest BCUT2D eigenvalue weighted by Gasteiger charge is 2.26. The number of aliphatic imine (C=N–C) groups is 1. The van der Waals surface area contributed by atoms with Crippen LogP contribution in [0.4, 0.5) is 0 Å². The third-order valence-electron chi connectivity index (χ3n) is 4.74. The summed E-state index contributed by atoms with van der Waals surface area (Å²) in [5.74, 6) is 0.381. The first-order chi connectivity index (χ1) is 14.1. The van der Waals surface area contributed by atoms with Crippen molar-refractivity contribution in [3.63, 3.8) is 0 Å². The van der Waals surface area contributed by atoms with Crippen LogP contribution in [0, 0.1) is 0 Å². The molecule has 1 atom stereocenters. The number of nitrogens with one attached hydrogen (secondary N) is 1. The average molecular weight is 407 g/mol. The number of ether oxygens (including phenoxy) is 1. The van der Waals surface area contributed by atoms with Crippen LogP contribution in [0.3, 0.4) is 0 Å². The fraction of sp³-hybridized carbons (Fsp3) is 0.174. The van der Waals surface area contributed by atoms with Crippen LogP contribution in [0.25, 0.3) is 0 Å². The van der Waals surface area contributed by atoms with E-state index < -0.39 is 10.0 Å². The van der Waals surface area contributed by atoms with Crippen molar-refractivity contribution in [2.45, 2.75) is 23.9 Å². The van der Waals surface area contributed by atoms with E-state index in [9.17, 15) is 8.42 Å². The van der Waals surface area contributed by atoms with E-state index in [1.807, 2.05) is 48.5 Å². The van der Waals surface area contributed by atoms with Crippen molar-refractivity contribution in [2.24, 2.45) is 4.99 Å². The minimum Gasteiger partial charge on any atom is -0.475 e. The largest absolute Gasteiger partial charge is 0.475 e. The van der Waals surface area contributed by atoms with Crippen LogP contribution in [0.1, 0.15) is 16.7 Å². The molecule has 0 saturated heterocycles. The molecule has 1 heterocycles. The molecule has 0 radical (unpaired) electrons. The topological polar surface area (TPSA) is 67.8 Å². The van der Waals surface area contributed by atoms with Gasteiger partial charge in [-0.25, -0.2) is 18.1 Å². The predicted molar refractivity (Wildman–Crippen MR) is 113 cm³/mol. The molecule has 0 bridgehead atoms. The molecular formula is C23H22N2O3S. The van der Waals surface area contributed by atoms with E-state index in [0.29, 0.717) is 18.1 Å². The fourth-order valence-electron chi connectivity index (χ4n) is 3.28. The van der Waals surface area contributed by atoms with Crippen molar-refractivity contribution in [2.75, 3.05) is 6.61 Å². The van der Waals surface area contributed by atoms with E-state index in [4.69, 9.17) is 4.74 Å². The number of nitrogens with zero attached hydrogens (tertiary/aromatic N) is 1. The van der Waals surface area contributed by atoms with Crippen LogP contribution in [0.2, 0.25) is 0 Å². The summed E-state index contributed by atoms with van der Waals surface area (Å²) in [6.07, 6.45) is 0.755. The average Bonchev–Trinajstić information content (AvgIpc) is 3.22. The number of hydrogen-bond acceptors (Lipinski definition) is 4.